The molecule has 0 radical (unpaired) electrons. The van der Waals surface area contributed by atoms with Crippen LogP contribution in [-0.4, -0.2) is 49.2 Å². The summed E-state index contributed by atoms with van der Waals surface area (Å²) in [5.74, 6) is -0.127. The average molecular weight is 385 g/mol. The Labute approximate surface area is 162 Å². The van der Waals surface area contributed by atoms with E-state index in [0.29, 0.717) is 37.6 Å². The molecule has 0 fully saturated rings. The minimum atomic E-state index is -0.127. The first-order chi connectivity index (χ1) is 13.3. The van der Waals surface area contributed by atoms with Gasteiger partial charge in [0.05, 0.1) is 29.3 Å². The number of thiophene rings is 1. The highest BCUT2D eigenvalue weighted by Gasteiger charge is 2.19. The molecule has 0 aliphatic heterocycles. The number of benzene rings is 1. The predicted molar refractivity (Wildman–Crippen MR) is 107 cm³/mol. The number of ether oxygens (including phenoxy) is 2. The Morgan fingerprint density at radius 1 is 1.15 bits per heavy atom. The Balaban J connectivity index is 1.68. The molecule has 2 heterocycles. The van der Waals surface area contributed by atoms with Crippen LogP contribution >= 0.6 is 11.3 Å². The van der Waals surface area contributed by atoms with Crippen LogP contribution in [0, 0.1) is 0 Å². The Bertz CT molecular complexity index is 832. The van der Waals surface area contributed by atoms with Crippen molar-refractivity contribution in [3.05, 3.63) is 59.6 Å². The van der Waals surface area contributed by atoms with Crippen molar-refractivity contribution in [2.75, 3.05) is 33.5 Å². The van der Waals surface area contributed by atoms with Crippen molar-refractivity contribution in [1.29, 1.82) is 0 Å². The van der Waals surface area contributed by atoms with Gasteiger partial charge in [0.25, 0.3) is 5.91 Å². The van der Waals surface area contributed by atoms with Gasteiger partial charge in [0.1, 0.15) is 5.69 Å². The second kappa shape index (κ2) is 10.0. The molecule has 0 aliphatic carbocycles. The van der Waals surface area contributed by atoms with E-state index in [1.54, 1.807) is 29.3 Å². The second-order valence-electron chi connectivity index (χ2n) is 5.86. The highest BCUT2D eigenvalue weighted by molar-refractivity contribution is 7.13. The standard InChI is InChI=1S/C20H23N3O3S/c1-25-12-13-26-11-6-10-21-20(24)17-15-23(16-7-3-2-4-8-16)22-19(17)18-9-5-14-27-18/h2-5,7-9,14-15H,6,10-13H2,1H3,(H,21,24). The zero-order valence-corrected chi connectivity index (χ0v) is 16.1. The van der Waals surface area contributed by atoms with Crippen LogP contribution in [0.25, 0.3) is 16.3 Å². The molecule has 2 aromatic heterocycles. The minimum Gasteiger partial charge on any atom is -0.382 e. The van der Waals surface area contributed by atoms with Gasteiger partial charge in [-0.3, -0.25) is 4.79 Å². The van der Waals surface area contributed by atoms with Gasteiger partial charge in [-0.05, 0) is 30.0 Å². The summed E-state index contributed by atoms with van der Waals surface area (Å²) in [5, 5.41) is 9.59. The number of hydrogen-bond acceptors (Lipinski definition) is 5. The summed E-state index contributed by atoms with van der Waals surface area (Å²) in [6, 6.07) is 13.7. The van der Waals surface area contributed by atoms with E-state index in [0.717, 1.165) is 17.0 Å². The topological polar surface area (TPSA) is 65.4 Å². The molecule has 6 nitrogen and oxygen atoms in total. The third-order valence-electron chi connectivity index (χ3n) is 3.92. The van der Waals surface area contributed by atoms with E-state index >= 15 is 0 Å². The molecule has 0 unspecified atom stereocenters. The van der Waals surface area contributed by atoms with Gasteiger partial charge in [-0.15, -0.1) is 11.3 Å². The lowest BCUT2D eigenvalue weighted by atomic mass is 10.2. The number of hydrogen-bond donors (Lipinski definition) is 1. The highest BCUT2D eigenvalue weighted by Crippen LogP contribution is 2.27. The Hall–Kier alpha value is -2.48. The fraction of sp³-hybridized carbons (Fsp3) is 0.300. The number of methoxy groups -OCH3 is 1. The lowest BCUT2D eigenvalue weighted by Gasteiger charge is -2.06. The zero-order valence-electron chi connectivity index (χ0n) is 15.3. The number of amides is 1. The van der Waals surface area contributed by atoms with Crippen LogP contribution in [0.3, 0.4) is 0 Å². The number of para-hydroxylation sites is 1. The average Bonchev–Trinajstić information content (AvgIpc) is 3.37. The van der Waals surface area contributed by atoms with Gasteiger partial charge in [0, 0.05) is 26.5 Å². The van der Waals surface area contributed by atoms with Crippen LogP contribution in [0.4, 0.5) is 0 Å². The van der Waals surface area contributed by atoms with Crippen molar-refractivity contribution in [2.24, 2.45) is 0 Å². The molecule has 0 atom stereocenters. The van der Waals surface area contributed by atoms with Gasteiger partial charge in [0.2, 0.25) is 0 Å². The van der Waals surface area contributed by atoms with Gasteiger partial charge < -0.3 is 14.8 Å². The Morgan fingerprint density at radius 2 is 2.00 bits per heavy atom. The molecule has 0 aliphatic rings. The monoisotopic (exact) mass is 385 g/mol. The predicted octanol–water partition coefficient (Wildman–Crippen LogP) is 3.38. The number of carbonyl (C=O) groups is 1. The van der Waals surface area contributed by atoms with Crippen LogP contribution < -0.4 is 5.32 Å². The summed E-state index contributed by atoms with van der Waals surface area (Å²) >= 11 is 1.57. The first-order valence-electron chi connectivity index (χ1n) is 8.83. The smallest absolute Gasteiger partial charge is 0.255 e. The van der Waals surface area contributed by atoms with Crippen molar-refractivity contribution >= 4 is 17.2 Å². The summed E-state index contributed by atoms with van der Waals surface area (Å²) in [7, 11) is 1.64. The van der Waals surface area contributed by atoms with E-state index in [1.165, 1.54) is 0 Å². The molecule has 3 aromatic rings. The molecule has 142 valence electrons. The number of nitrogens with zero attached hydrogens (tertiary/aromatic N) is 2. The summed E-state index contributed by atoms with van der Waals surface area (Å²) in [5.41, 5.74) is 2.19. The molecule has 0 bridgehead atoms. The molecule has 0 spiro atoms. The number of nitrogens with one attached hydrogen (secondary N) is 1. The number of rotatable bonds is 10. The van der Waals surface area contributed by atoms with E-state index in [1.807, 2.05) is 47.8 Å². The van der Waals surface area contributed by atoms with Crippen LogP contribution in [0.15, 0.2) is 54.0 Å². The number of aromatic nitrogens is 2. The van der Waals surface area contributed by atoms with Crippen LogP contribution in [-0.2, 0) is 9.47 Å². The molecule has 1 amide bonds. The molecule has 0 saturated carbocycles. The molecule has 3 rings (SSSR count). The fourth-order valence-corrected chi connectivity index (χ4v) is 3.29. The van der Waals surface area contributed by atoms with Crippen molar-refractivity contribution in [3.8, 4) is 16.3 Å². The third kappa shape index (κ3) is 5.26. The van der Waals surface area contributed by atoms with E-state index in [-0.39, 0.29) is 5.91 Å². The number of carbonyl (C=O) groups excluding carboxylic acids is 1. The molecule has 1 N–H and O–H groups in total. The van der Waals surface area contributed by atoms with Gasteiger partial charge in [-0.2, -0.15) is 5.10 Å². The molecule has 7 heteroatoms. The third-order valence-corrected chi connectivity index (χ3v) is 4.79. The summed E-state index contributed by atoms with van der Waals surface area (Å²) in [4.78, 5) is 13.7. The first-order valence-corrected chi connectivity index (χ1v) is 9.71. The maximum atomic E-state index is 12.7. The lowest BCUT2D eigenvalue weighted by Crippen LogP contribution is -2.25. The van der Waals surface area contributed by atoms with Crippen molar-refractivity contribution in [3.63, 3.8) is 0 Å². The largest absolute Gasteiger partial charge is 0.382 e. The normalized spacial score (nSPS) is 10.9. The minimum absolute atomic E-state index is 0.127. The Morgan fingerprint density at radius 3 is 2.74 bits per heavy atom. The quantitative estimate of drug-likeness (QED) is 0.544. The molecular formula is C20H23N3O3S. The molecule has 1 aromatic carbocycles. The summed E-state index contributed by atoms with van der Waals surface area (Å²) < 4.78 is 12.1. The summed E-state index contributed by atoms with van der Waals surface area (Å²) in [6.07, 6.45) is 2.53. The maximum Gasteiger partial charge on any atom is 0.255 e. The summed E-state index contributed by atoms with van der Waals surface area (Å²) in [6.45, 7) is 2.28. The molecule has 0 saturated heterocycles. The fourth-order valence-electron chi connectivity index (χ4n) is 2.56. The van der Waals surface area contributed by atoms with Crippen LogP contribution in [0.5, 0.6) is 0 Å². The van der Waals surface area contributed by atoms with Crippen LogP contribution in [0.1, 0.15) is 16.8 Å². The zero-order chi connectivity index (χ0) is 18.9. The van der Waals surface area contributed by atoms with Gasteiger partial charge in [-0.25, -0.2) is 4.68 Å². The van der Waals surface area contributed by atoms with E-state index in [9.17, 15) is 4.79 Å². The van der Waals surface area contributed by atoms with Gasteiger partial charge in [0.15, 0.2) is 0 Å². The first kappa shape index (κ1) is 19.3. The lowest BCUT2D eigenvalue weighted by molar-refractivity contribution is 0.0688. The van der Waals surface area contributed by atoms with E-state index < -0.39 is 0 Å². The maximum absolute atomic E-state index is 12.7. The van der Waals surface area contributed by atoms with Crippen molar-refractivity contribution in [1.82, 2.24) is 15.1 Å². The SMILES string of the molecule is COCCOCCCNC(=O)c1cn(-c2ccccc2)nc1-c1cccs1. The highest BCUT2D eigenvalue weighted by atomic mass is 32.1. The van der Waals surface area contributed by atoms with Crippen molar-refractivity contribution in [2.45, 2.75) is 6.42 Å². The molecule has 27 heavy (non-hydrogen) atoms. The molecular weight excluding hydrogens is 362 g/mol. The van der Waals surface area contributed by atoms with E-state index in [2.05, 4.69) is 10.4 Å². The van der Waals surface area contributed by atoms with Gasteiger partial charge in [-0.1, -0.05) is 24.3 Å². The van der Waals surface area contributed by atoms with Gasteiger partial charge >= 0.3 is 0 Å². The van der Waals surface area contributed by atoms with Crippen molar-refractivity contribution < 1.29 is 14.3 Å². The second-order valence-corrected chi connectivity index (χ2v) is 6.81. The Kier molecular flexibility index (Phi) is 7.15. The van der Waals surface area contributed by atoms with E-state index in [4.69, 9.17) is 9.47 Å². The van der Waals surface area contributed by atoms with Crippen LogP contribution in [0.2, 0.25) is 0 Å².